The van der Waals surface area contributed by atoms with Crippen LogP contribution in [0.25, 0.3) is 6.08 Å². The predicted octanol–water partition coefficient (Wildman–Crippen LogP) is 1.46. The van der Waals surface area contributed by atoms with Gasteiger partial charge in [-0.1, -0.05) is 11.6 Å². The number of methoxy groups -OCH3 is 2. The molecule has 0 spiro atoms. The van der Waals surface area contributed by atoms with Gasteiger partial charge >= 0.3 is 6.03 Å². The molecule has 0 heterocycles. The van der Waals surface area contributed by atoms with Gasteiger partial charge in [-0.3, -0.25) is 10.1 Å². The fourth-order valence-corrected chi connectivity index (χ4v) is 1.81. The van der Waals surface area contributed by atoms with Crippen molar-refractivity contribution in [2.24, 2.45) is 5.73 Å². The number of ether oxygens (including phenoxy) is 2. The molecule has 0 aliphatic carbocycles. The number of nitrogens with one attached hydrogen (secondary N) is 1. The minimum Gasteiger partial charge on any atom is -0.493 e. The van der Waals surface area contributed by atoms with Gasteiger partial charge in [0.1, 0.15) is 11.6 Å². The molecule has 0 atom stereocenters. The van der Waals surface area contributed by atoms with Crippen LogP contribution >= 0.6 is 11.6 Å². The Balaban J connectivity index is 3.24. The first-order chi connectivity index (χ1) is 9.92. The molecule has 1 aromatic carbocycles. The number of hydrogen-bond acceptors (Lipinski definition) is 5. The number of imide groups is 1. The minimum atomic E-state index is -1.05. The Bertz CT molecular complexity index is 650. The van der Waals surface area contributed by atoms with Gasteiger partial charge in [-0.05, 0) is 23.8 Å². The standard InChI is InChI=1S/C13H12ClN3O4/c1-20-10-5-7(4-9(14)11(10)21-2)3-8(6-15)12(18)17-13(16)19/h3-5H,1-2H3,(H3,16,17,18,19)/b8-3-. The van der Waals surface area contributed by atoms with E-state index in [1.807, 2.05) is 0 Å². The van der Waals surface area contributed by atoms with Crippen molar-refractivity contribution in [2.45, 2.75) is 0 Å². The van der Waals surface area contributed by atoms with Crippen molar-refractivity contribution in [3.05, 3.63) is 28.3 Å². The molecular weight excluding hydrogens is 298 g/mol. The second-order valence-corrected chi connectivity index (χ2v) is 4.13. The monoisotopic (exact) mass is 309 g/mol. The average Bonchev–Trinajstić information content (AvgIpc) is 2.43. The molecule has 110 valence electrons. The van der Waals surface area contributed by atoms with Gasteiger partial charge in [0, 0.05) is 0 Å². The van der Waals surface area contributed by atoms with E-state index in [9.17, 15) is 9.59 Å². The maximum atomic E-state index is 11.6. The first-order valence-electron chi connectivity index (χ1n) is 5.57. The second-order valence-electron chi connectivity index (χ2n) is 3.73. The fourth-order valence-electron chi connectivity index (χ4n) is 1.52. The van der Waals surface area contributed by atoms with Crippen LogP contribution in [0.15, 0.2) is 17.7 Å². The number of nitrogens with two attached hydrogens (primary N) is 1. The number of benzene rings is 1. The number of carbonyl (C=O) groups is 2. The summed E-state index contributed by atoms with van der Waals surface area (Å²) in [4.78, 5) is 22.2. The van der Waals surface area contributed by atoms with E-state index in [0.29, 0.717) is 17.1 Å². The third kappa shape index (κ3) is 4.12. The Morgan fingerprint density at radius 2 is 2.05 bits per heavy atom. The van der Waals surface area contributed by atoms with Crippen LogP contribution < -0.4 is 20.5 Å². The Morgan fingerprint density at radius 1 is 1.38 bits per heavy atom. The SMILES string of the molecule is COc1cc(/C=C(/C#N)C(=O)NC(N)=O)cc(Cl)c1OC. The quantitative estimate of drug-likeness (QED) is 0.645. The summed E-state index contributed by atoms with van der Waals surface area (Å²) >= 11 is 6.01. The molecular formula is C13H12ClN3O4. The number of amides is 3. The number of primary amides is 1. The zero-order chi connectivity index (χ0) is 16.0. The van der Waals surface area contributed by atoms with E-state index in [0.717, 1.165) is 0 Å². The summed E-state index contributed by atoms with van der Waals surface area (Å²) in [5, 5.41) is 11.0. The molecule has 1 rings (SSSR count). The first kappa shape index (κ1) is 16.3. The van der Waals surface area contributed by atoms with Crippen molar-refractivity contribution in [3.8, 4) is 17.6 Å². The normalized spacial score (nSPS) is 10.5. The fraction of sp³-hybridized carbons (Fsp3) is 0.154. The lowest BCUT2D eigenvalue weighted by atomic mass is 10.1. The van der Waals surface area contributed by atoms with Gasteiger partial charge in [-0.2, -0.15) is 5.26 Å². The van der Waals surface area contributed by atoms with Crippen LogP contribution in [0.4, 0.5) is 4.79 Å². The molecule has 0 aliphatic rings. The van der Waals surface area contributed by atoms with E-state index >= 15 is 0 Å². The molecule has 8 heteroatoms. The molecule has 3 amide bonds. The topological polar surface area (TPSA) is 114 Å². The zero-order valence-electron chi connectivity index (χ0n) is 11.3. The smallest absolute Gasteiger partial charge is 0.319 e. The molecule has 0 fully saturated rings. The van der Waals surface area contributed by atoms with Gasteiger partial charge in [-0.15, -0.1) is 0 Å². The highest BCUT2D eigenvalue weighted by Crippen LogP contribution is 2.36. The molecule has 0 unspecified atom stereocenters. The number of carbonyl (C=O) groups excluding carboxylic acids is 2. The summed E-state index contributed by atoms with van der Waals surface area (Å²) in [7, 11) is 2.85. The Morgan fingerprint density at radius 3 is 2.52 bits per heavy atom. The summed E-state index contributed by atoms with van der Waals surface area (Å²) in [6, 6.07) is 3.63. The summed E-state index contributed by atoms with van der Waals surface area (Å²) in [6.07, 6.45) is 1.24. The summed E-state index contributed by atoms with van der Waals surface area (Å²) < 4.78 is 10.2. The number of urea groups is 1. The lowest BCUT2D eigenvalue weighted by Crippen LogP contribution is -2.35. The molecule has 21 heavy (non-hydrogen) atoms. The van der Waals surface area contributed by atoms with Crippen LogP contribution in [0.2, 0.25) is 5.02 Å². The van der Waals surface area contributed by atoms with Crippen LogP contribution in [0, 0.1) is 11.3 Å². The van der Waals surface area contributed by atoms with Crippen molar-refractivity contribution in [3.63, 3.8) is 0 Å². The summed E-state index contributed by atoms with van der Waals surface area (Å²) in [5.74, 6) is -0.240. The van der Waals surface area contributed by atoms with E-state index < -0.39 is 11.9 Å². The third-order valence-corrected chi connectivity index (χ3v) is 2.65. The van der Waals surface area contributed by atoms with E-state index in [1.165, 1.54) is 32.4 Å². The number of nitrogens with zero attached hydrogens (tertiary/aromatic N) is 1. The van der Waals surface area contributed by atoms with Crippen LogP contribution in [0.1, 0.15) is 5.56 Å². The highest BCUT2D eigenvalue weighted by atomic mass is 35.5. The predicted molar refractivity (Wildman–Crippen MR) is 75.9 cm³/mol. The van der Waals surface area contributed by atoms with E-state index in [4.69, 9.17) is 32.1 Å². The van der Waals surface area contributed by atoms with Crippen molar-refractivity contribution >= 4 is 29.6 Å². The maximum Gasteiger partial charge on any atom is 0.319 e. The van der Waals surface area contributed by atoms with Crippen LogP contribution in [-0.2, 0) is 4.79 Å². The largest absolute Gasteiger partial charge is 0.493 e. The molecule has 0 saturated carbocycles. The van der Waals surface area contributed by atoms with Crippen LogP contribution in [0.5, 0.6) is 11.5 Å². The van der Waals surface area contributed by atoms with Gasteiger partial charge in [0.15, 0.2) is 11.5 Å². The highest BCUT2D eigenvalue weighted by Gasteiger charge is 2.14. The molecule has 0 bridgehead atoms. The zero-order valence-corrected chi connectivity index (χ0v) is 12.0. The number of hydrogen-bond donors (Lipinski definition) is 2. The third-order valence-electron chi connectivity index (χ3n) is 2.37. The minimum absolute atomic E-state index is 0.246. The Hall–Kier alpha value is -2.72. The van der Waals surface area contributed by atoms with Gasteiger partial charge < -0.3 is 15.2 Å². The molecule has 1 aromatic rings. The van der Waals surface area contributed by atoms with E-state index in [-0.39, 0.29) is 10.6 Å². The first-order valence-corrected chi connectivity index (χ1v) is 5.94. The van der Waals surface area contributed by atoms with Crippen LogP contribution in [-0.4, -0.2) is 26.2 Å². The number of halogens is 1. The Kier molecular flexibility index (Phi) is 5.57. The van der Waals surface area contributed by atoms with Crippen molar-refractivity contribution in [1.82, 2.24) is 5.32 Å². The highest BCUT2D eigenvalue weighted by molar-refractivity contribution is 6.32. The van der Waals surface area contributed by atoms with Gasteiger partial charge in [-0.25, -0.2) is 4.79 Å². The van der Waals surface area contributed by atoms with Crippen molar-refractivity contribution in [2.75, 3.05) is 14.2 Å². The number of nitriles is 1. The second kappa shape index (κ2) is 7.17. The Labute approximate surface area is 125 Å². The molecule has 0 saturated heterocycles. The van der Waals surface area contributed by atoms with Gasteiger partial charge in [0.05, 0.1) is 19.2 Å². The summed E-state index contributed by atoms with van der Waals surface area (Å²) in [6.45, 7) is 0. The van der Waals surface area contributed by atoms with Gasteiger partial charge in [0.2, 0.25) is 0 Å². The summed E-state index contributed by atoms with van der Waals surface area (Å²) in [5.41, 5.74) is 4.94. The maximum absolute atomic E-state index is 11.6. The lowest BCUT2D eigenvalue weighted by molar-refractivity contribution is -0.115. The number of rotatable bonds is 4. The molecule has 7 nitrogen and oxygen atoms in total. The average molecular weight is 310 g/mol. The molecule has 0 aromatic heterocycles. The molecule has 0 radical (unpaired) electrons. The van der Waals surface area contributed by atoms with Crippen LogP contribution in [0.3, 0.4) is 0 Å². The van der Waals surface area contributed by atoms with Crippen molar-refractivity contribution < 1.29 is 19.1 Å². The lowest BCUT2D eigenvalue weighted by Gasteiger charge is -2.10. The van der Waals surface area contributed by atoms with E-state index in [2.05, 4.69) is 0 Å². The molecule has 0 aliphatic heterocycles. The van der Waals surface area contributed by atoms with E-state index in [1.54, 1.807) is 11.4 Å². The van der Waals surface area contributed by atoms with Gasteiger partial charge in [0.25, 0.3) is 5.91 Å². The molecule has 3 N–H and O–H groups in total. The van der Waals surface area contributed by atoms with Crippen molar-refractivity contribution in [1.29, 1.82) is 5.26 Å².